The van der Waals surface area contributed by atoms with Crippen molar-refractivity contribution in [1.29, 1.82) is 0 Å². The van der Waals surface area contributed by atoms with E-state index in [9.17, 15) is 9.18 Å². The van der Waals surface area contributed by atoms with Crippen molar-refractivity contribution in [1.82, 2.24) is 15.2 Å². The predicted molar refractivity (Wildman–Crippen MR) is 96.3 cm³/mol. The maximum absolute atomic E-state index is 13.4. The standard InChI is InChI=1S/C20H17FN4O/c1-12-2-5-16(10-17(12)14-6-7-22-19(21)9-14)24-20(26)18-8-15(11-23-25-18)13-3-4-13/h2,5-11,13H,3-4H2,1H3,(H,24,26). The van der Waals surface area contributed by atoms with Crippen LogP contribution in [0.5, 0.6) is 0 Å². The Morgan fingerprint density at radius 1 is 1.19 bits per heavy atom. The summed E-state index contributed by atoms with van der Waals surface area (Å²) in [7, 11) is 0. The second-order valence-electron chi connectivity index (χ2n) is 6.50. The van der Waals surface area contributed by atoms with Crippen molar-refractivity contribution in [3.63, 3.8) is 0 Å². The molecule has 130 valence electrons. The quantitative estimate of drug-likeness (QED) is 0.720. The Morgan fingerprint density at radius 2 is 2.04 bits per heavy atom. The van der Waals surface area contributed by atoms with E-state index in [2.05, 4.69) is 20.5 Å². The summed E-state index contributed by atoms with van der Waals surface area (Å²) in [4.78, 5) is 16.1. The number of halogens is 1. The number of aryl methyl sites for hydroxylation is 1. The summed E-state index contributed by atoms with van der Waals surface area (Å²) in [5.74, 6) is -0.344. The maximum Gasteiger partial charge on any atom is 0.276 e. The lowest BCUT2D eigenvalue weighted by Crippen LogP contribution is -2.14. The molecule has 26 heavy (non-hydrogen) atoms. The van der Waals surface area contributed by atoms with Gasteiger partial charge in [0, 0.05) is 18.0 Å². The fourth-order valence-corrected chi connectivity index (χ4v) is 2.91. The van der Waals surface area contributed by atoms with E-state index < -0.39 is 5.95 Å². The highest BCUT2D eigenvalue weighted by Gasteiger charge is 2.25. The van der Waals surface area contributed by atoms with Gasteiger partial charge in [0.2, 0.25) is 5.95 Å². The normalized spacial score (nSPS) is 13.5. The summed E-state index contributed by atoms with van der Waals surface area (Å²) in [5.41, 5.74) is 4.49. The fourth-order valence-electron chi connectivity index (χ4n) is 2.91. The number of pyridine rings is 1. The number of nitrogens with zero attached hydrogens (tertiary/aromatic N) is 3. The van der Waals surface area contributed by atoms with Gasteiger partial charge in [-0.15, -0.1) is 5.10 Å². The summed E-state index contributed by atoms with van der Waals surface area (Å²) in [6.45, 7) is 1.93. The van der Waals surface area contributed by atoms with E-state index >= 15 is 0 Å². The number of hydrogen-bond donors (Lipinski definition) is 1. The highest BCUT2D eigenvalue weighted by molar-refractivity contribution is 6.03. The number of benzene rings is 1. The molecule has 1 aliphatic carbocycles. The molecular weight excluding hydrogens is 331 g/mol. The molecule has 4 rings (SSSR count). The number of anilines is 1. The molecule has 6 heteroatoms. The maximum atomic E-state index is 13.4. The Kier molecular flexibility index (Phi) is 4.16. The van der Waals surface area contributed by atoms with Crippen LogP contribution in [-0.2, 0) is 0 Å². The van der Waals surface area contributed by atoms with Crippen LogP contribution in [0.3, 0.4) is 0 Å². The topological polar surface area (TPSA) is 67.8 Å². The number of aromatic nitrogens is 3. The Bertz CT molecular complexity index is 985. The molecule has 1 fully saturated rings. The highest BCUT2D eigenvalue weighted by atomic mass is 19.1. The molecular formula is C20H17FN4O. The van der Waals surface area contributed by atoms with Gasteiger partial charge in [0.1, 0.15) is 0 Å². The molecule has 1 aliphatic rings. The number of carbonyl (C=O) groups is 1. The molecule has 0 unspecified atom stereocenters. The SMILES string of the molecule is Cc1ccc(NC(=O)c2cc(C3CC3)cnn2)cc1-c1ccnc(F)c1. The van der Waals surface area contributed by atoms with Gasteiger partial charge in [-0.2, -0.15) is 9.49 Å². The second-order valence-corrected chi connectivity index (χ2v) is 6.50. The average Bonchev–Trinajstić information content (AvgIpc) is 3.48. The van der Waals surface area contributed by atoms with E-state index in [1.807, 2.05) is 25.1 Å². The number of carbonyl (C=O) groups excluding carboxylic acids is 1. The monoisotopic (exact) mass is 348 g/mol. The van der Waals surface area contributed by atoms with Gasteiger partial charge < -0.3 is 5.32 Å². The van der Waals surface area contributed by atoms with Crippen molar-refractivity contribution < 1.29 is 9.18 Å². The lowest BCUT2D eigenvalue weighted by Gasteiger charge is -2.10. The minimum atomic E-state index is -0.538. The van der Waals surface area contributed by atoms with Crippen LogP contribution in [0.2, 0.25) is 0 Å². The summed E-state index contributed by atoms with van der Waals surface area (Å²) in [6.07, 6.45) is 5.41. The Hall–Kier alpha value is -3.15. The number of nitrogens with one attached hydrogen (secondary N) is 1. The van der Waals surface area contributed by atoms with Crippen LogP contribution in [0.25, 0.3) is 11.1 Å². The zero-order valence-electron chi connectivity index (χ0n) is 14.2. The van der Waals surface area contributed by atoms with E-state index in [0.717, 1.165) is 29.5 Å². The zero-order chi connectivity index (χ0) is 18.1. The van der Waals surface area contributed by atoms with Crippen LogP contribution in [-0.4, -0.2) is 21.1 Å². The molecule has 0 saturated heterocycles. The van der Waals surface area contributed by atoms with Gasteiger partial charge in [0.05, 0.1) is 6.20 Å². The van der Waals surface area contributed by atoms with Crippen molar-refractivity contribution in [2.75, 3.05) is 5.32 Å². The molecule has 0 atom stereocenters. The Labute approximate surface area is 150 Å². The van der Waals surface area contributed by atoms with Crippen LogP contribution in [0, 0.1) is 12.9 Å². The minimum absolute atomic E-state index is 0.298. The molecule has 0 aliphatic heterocycles. The van der Waals surface area contributed by atoms with Crippen molar-refractivity contribution in [2.24, 2.45) is 0 Å². The molecule has 0 bridgehead atoms. The first-order chi connectivity index (χ1) is 12.6. The Balaban J connectivity index is 1.59. The Morgan fingerprint density at radius 3 is 2.81 bits per heavy atom. The van der Waals surface area contributed by atoms with Crippen molar-refractivity contribution in [3.8, 4) is 11.1 Å². The third-order valence-electron chi connectivity index (χ3n) is 4.49. The third kappa shape index (κ3) is 3.44. The van der Waals surface area contributed by atoms with Crippen molar-refractivity contribution in [2.45, 2.75) is 25.7 Å². The first-order valence-corrected chi connectivity index (χ1v) is 8.47. The summed E-state index contributed by atoms with van der Waals surface area (Å²) in [6, 6.07) is 10.4. The predicted octanol–water partition coefficient (Wildman–Crippen LogP) is 4.12. The van der Waals surface area contributed by atoms with Gasteiger partial charge in [-0.25, -0.2) is 4.98 Å². The minimum Gasteiger partial charge on any atom is -0.321 e. The van der Waals surface area contributed by atoms with E-state index in [0.29, 0.717) is 22.9 Å². The molecule has 0 spiro atoms. The molecule has 3 aromatic rings. The van der Waals surface area contributed by atoms with E-state index in [1.165, 1.54) is 12.3 Å². The number of rotatable bonds is 4. The molecule has 5 nitrogen and oxygen atoms in total. The van der Waals surface area contributed by atoms with Gasteiger partial charge in [-0.05, 0) is 72.2 Å². The molecule has 2 heterocycles. The molecule has 0 radical (unpaired) electrons. The van der Waals surface area contributed by atoms with Gasteiger partial charge in [-0.1, -0.05) is 6.07 Å². The number of hydrogen-bond acceptors (Lipinski definition) is 4. The van der Waals surface area contributed by atoms with Crippen molar-refractivity contribution >= 4 is 11.6 Å². The molecule has 1 amide bonds. The van der Waals surface area contributed by atoms with Gasteiger partial charge in [0.15, 0.2) is 5.69 Å². The van der Waals surface area contributed by atoms with Gasteiger partial charge >= 0.3 is 0 Å². The smallest absolute Gasteiger partial charge is 0.276 e. The molecule has 1 N–H and O–H groups in total. The fraction of sp³-hybridized carbons (Fsp3) is 0.200. The van der Waals surface area contributed by atoms with Crippen LogP contribution in [0.1, 0.15) is 40.4 Å². The van der Waals surface area contributed by atoms with Crippen LogP contribution in [0.15, 0.2) is 48.8 Å². The van der Waals surface area contributed by atoms with Crippen LogP contribution >= 0.6 is 0 Å². The van der Waals surface area contributed by atoms with Gasteiger partial charge in [-0.3, -0.25) is 4.79 Å². The summed E-state index contributed by atoms with van der Waals surface area (Å²) < 4.78 is 13.4. The molecule has 1 aromatic carbocycles. The largest absolute Gasteiger partial charge is 0.321 e. The van der Waals surface area contributed by atoms with Gasteiger partial charge in [0.25, 0.3) is 5.91 Å². The molecule has 1 saturated carbocycles. The van der Waals surface area contributed by atoms with E-state index in [-0.39, 0.29) is 5.91 Å². The van der Waals surface area contributed by atoms with E-state index in [4.69, 9.17) is 0 Å². The molecule has 2 aromatic heterocycles. The van der Waals surface area contributed by atoms with Crippen molar-refractivity contribution in [3.05, 3.63) is 71.6 Å². The third-order valence-corrected chi connectivity index (χ3v) is 4.49. The first-order valence-electron chi connectivity index (χ1n) is 8.47. The van der Waals surface area contributed by atoms with E-state index in [1.54, 1.807) is 18.3 Å². The second kappa shape index (κ2) is 6.63. The van der Waals surface area contributed by atoms with Crippen LogP contribution < -0.4 is 5.32 Å². The summed E-state index contributed by atoms with van der Waals surface area (Å²) >= 11 is 0. The van der Waals surface area contributed by atoms with Crippen LogP contribution in [0.4, 0.5) is 10.1 Å². The highest BCUT2D eigenvalue weighted by Crippen LogP contribution is 2.39. The number of amides is 1. The average molecular weight is 348 g/mol. The lowest BCUT2D eigenvalue weighted by atomic mass is 10.0. The summed E-state index contributed by atoms with van der Waals surface area (Å²) in [5, 5.41) is 10.7. The zero-order valence-corrected chi connectivity index (χ0v) is 14.2. The lowest BCUT2D eigenvalue weighted by molar-refractivity contribution is 0.102. The first kappa shape index (κ1) is 16.3.